The molecule has 0 spiro atoms. The van der Waals surface area contributed by atoms with Crippen LogP contribution in [-0.4, -0.2) is 62.1 Å². The molecule has 1 atom stereocenters. The van der Waals surface area contributed by atoms with Gasteiger partial charge in [-0.05, 0) is 26.3 Å². The Morgan fingerprint density at radius 3 is 2.83 bits per heavy atom. The standard InChI is InChI=1S/C13H23N3O2/c1-15(10-12-6-3-4-9-18-12)11-13(17)16(2)8-5-7-14/h12H,3-6,8-11H2,1-2H3. The maximum absolute atomic E-state index is 11.8. The van der Waals surface area contributed by atoms with Gasteiger partial charge in [-0.25, -0.2) is 0 Å². The monoisotopic (exact) mass is 253 g/mol. The highest BCUT2D eigenvalue weighted by molar-refractivity contribution is 5.77. The zero-order chi connectivity index (χ0) is 13.4. The maximum atomic E-state index is 11.8. The molecule has 0 radical (unpaired) electrons. The number of likely N-dealkylation sites (N-methyl/N-ethyl adjacent to an activating group) is 2. The summed E-state index contributed by atoms with van der Waals surface area (Å²) in [5, 5.41) is 8.48. The normalized spacial score (nSPS) is 19.6. The van der Waals surface area contributed by atoms with E-state index in [1.165, 1.54) is 6.42 Å². The third kappa shape index (κ3) is 5.48. The Morgan fingerprint density at radius 1 is 1.44 bits per heavy atom. The molecule has 1 fully saturated rings. The third-order valence-corrected chi connectivity index (χ3v) is 3.18. The number of nitrogens with zero attached hydrogens (tertiary/aromatic N) is 3. The zero-order valence-electron chi connectivity index (χ0n) is 11.4. The first-order valence-electron chi connectivity index (χ1n) is 6.54. The van der Waals surface area contributed by atoms with Crippen LogP contribution >= 0.6 is 0 Å². The Labute approximate surface area is 109 Å². The Kier molecular flexibility index (Phi) is 6.69. The van der Waals surface area contributed by atoms with Gasteiger partial charge < -0.3 is 9.64 Å². The van der Waals surface area contributed by atoms with Crippen molar-refractivity contribution >= 4 is 5.91 Å². The molecule has 0 aliphatic carbocycles. The van der Waals surface area contributed by atoms with E-state index >= 15 is 0 Å². The summed E-state index contributed by atoms with van der Waals surface area (Å²) in [4.78, 5) is 15.4. The van der Waals surface area contributed by atoms with Gasteiger partial charge in [0.2, 0.25) is 5.91 Å². The lowest BCUT2D eigenvalue weighted by molar-refractivity contribution is -0.131. The quantitative estimate of drug-likeness (QED) is 0.704. The second kappa shape index (κ2) is 8.06. The molecular formula is C13H23N3O2. The molecule has 102 valence electrons. The number of ether oxygens (including phenoxy) is 1. The first-order chi connectivity index (χ1) is 8.63. The van der Waals surface area contributed by atoms with Crippen molar-refractivity contribution in [2.75, 3.05) is 40.3 Å². The topological polar surface area (TPSA) is 56.6 Å². The van der Waals surface area contributed by atoms with Crippen LogP contribution in [0.3, 0.4) is 0 Å². The molecule has 1 rings (SSSR count). The highest BCUT2D eigenvalue weighted by Gasteiger charge is 2.18. The molecule has 0 aromatic carbocycles. The third-order valence-electron chi connectivity index (χ3n) is 3.18. The molecule has 1 heterocycles. The molecule has 0 aromatic heterocycles. The number of nitriles is 1. The molecule has 0 N–H and O–H groups in total. The van der Waals surface area contributed by atoms with Crippen molar-refractivity contribution in [3.8, 4) is 6.07 Å². The van der Waals surface area contributed by atoms with Gasteiger partial charge in [0.1, 0.15) is 0 Å². The molecule has 1 aliphatic rings. The summed E-state index contributed by atoms with van der Waals surface area (Å²) < 4.78 is 5.65. The maximum Gasteiger partial charge on any atom is 0.236 e. The van der Waals surface area contributed by atoms with Gasteiger partial charge in [0.15, 0.2) is 0 Å². The fourth-order valence-electron chi connectivity index (χ4n) is 2.06. The van der Waals surface area contributed by atoms with Crippen LogP contribution in [-0.2, 0) is 9.53 Å². The average molecular weight is 253 g/mol. The minimum absolute atomic E-state index is 0.0589. The number of hydrogen-bond acceptors (Lipinski definition) is 4. The van der Waals surface area contributed by atoms with Crippen LogP contribution in [0.1, 0.15) is 25.7 Å². The lowest BCUT2D eigenvalue weighted by Gasteiger charge is -2.28. The van der Waals surface area contributed by atoms with Crippen molar-refractivity contribution in [3.05, 3.63) is 0 Å². The van der Waals surface area contributed by atoms with E-state index in [4.69, 9.17) is 10.00 Å². The van der Waals surface area contributed by atoms with Gasteiger partial charge in [-0.3, -0.25) is 9.69 Å². The minimum atomic E-state index is 0.0589. The van der Waals surface area contributed by atoms with E-state index in [9.17, 15) is 4.79 Å². The summed E-state index contributed by atoms with van der Waals surface area (Å²) in [6.07, 6.45) is 4.10. The van der Waals surface area contributed by atoms with Gasteiger partial charge in [-0.2, -0.15) is 5.26 Å². The predicted molar refractivity (Wildman–Crippen MR) is 69.0 cm³/mol. The van der Waals surface area contributed by atoms with E-state index in [1.54, 1.807) is 11.9 Å². The minimum Gasteiger partial charge on any atom is -0.377 e. The van der Waals surface area contributed by atoms with Gasteiger partial charge >= 0.3 is 0 Å². The van der Waals surface area contributed by atoms with Gasteiger partial charge in [0, 0.05) is 26.7 Å². The van der Waals surface area contributed by atoms with Crippen molar-refractivity contribution < 1.29 is 9.53 Å². The van der Waals surface area contributed by atoms with E-state index in [0.29, 0.717) is 19.5 Å². The number of hydrogen-bond donors (Lipinski definition) is 0. The second-order valence-corrected chi connectivity index (χ2v) is 4.91. The number of carbonyl (C=O) groups excluding carboxylic acids is 1. The molecule has 0 bridgehead atoms. The number of carbonyl (C=O) groups is 1. The van der Waals surface area contributed by atoms with Crippen LogP contribution in [0.2, 0.25) is 0 Å². The van der Waals surface area contributed by atoms with Crippen molar-refractivity contribution in [2.24, 2.45) is 0 Å². The fourth-order valence-corrected chi connectivity index (χ4v) is 2.06. The van der Waals surface area contributed by atoms with Crippen LogP contribution < -0.4 is 0 Å². The molecule has 1 aliphatic heterocycles. The first kappa shape index (κ1) is 14.9. The summed E-state index contributed by atoms with van der Waals surface area (Å²) in [6.45, 7) is 2.54. The molecule has 5 nitrogen and oxygen atoms in total. The predicted octanol–water partition coefficient (Wildman–Crippen LogP) is 0.859. The number of amides is 1. The van der Waals surface area contributed by atoms with Crippen molar-refractivity contribution in [1.29, 1.82) is 5.26 Å². The Bertz CT molecular complexity index is 295. The zero-order valence-corrected chi connectivity index (χ0v) is 11.4. The molecule has 1 saturated heterocycles. The summed E-state index contributed by atoms with van der Waals surface area (Å²) in [5.74, 6) is 0.0589. The molecule has 5 heteroatoms. The van der Waals surface area contributed by atoms with Crippen LogP contribution in [0.15, 0.2) is 0 Å². The van der Waals surface area contributed by atoms with Crippen LogP contribution in [0.25, 0.3) is 0 Å². The Hall–Kier alpha value is -1.12. The van der Waals surface area contributed by atoms with E-state index < -0.39 is 0 Å². The lowest BCUT2D eigenvalue weighted by atomic mass is 10.1. The van der Waals surface area contributed by atoms with E-state index in [-0.39, 0.29) is 12.0 Å². The van der Waals surface area contributed by atoms with E-state index in [0.717, 1.165) is 26.0 Å². The molecular weight excluding hydrogens is 230 g/mol. The molecule has 1 amide bonds. The smallest absolute Gasteiger partial charge is 0.236 e. The van der Waals surface area contributed by atoms with Gasteiger partial charge in [-0.1, -0.05) is 0 Å². The summed E-state index contributed by atoms with van der Waals surface area (Å²) in [5.41, 5.74) is 0. The van der Waals surface area contributed by atoms with Crippen molar-refractivity contribution in [1.82, 2.24) is 9.80 Å². The van der Waals surface area contributed by atoms with E-state index in [2.05, 4.69) is 0 Å². The molecule has 0 saturated carbocycles. The highest BCUT2D eigenvalue weighted by Crippen LogP contribution is 2.13. The Balaban J connectivity index is 2.23. The highest BCUT2D eigenvalue weighted by atomic mass is 16.5. The SMILES string of the molecule is CN(CC(=O)N(C)CCC#N)CC1CCCCO1. The van der Waals surface area contributed by atoms with E-state index in [1.807, 2.05) is 18.0 Å². The average Bonchev–Trinajstić information content (AvgIpc) is 2.36. The first-order valence-corrected chi connectivity index (χ1v) is 6.54. The summed E-state index contributed by atoms with van der Waals surface area (Å²) in [6, 6.07) is 2.04. The van der Waals surface area contributed by atoms with Crippen molar-refractivity contribution in [3.63, 3.8) is 0 Å². The number of rotatable bonds is 6. The second-order valence-electron chi connectivity index (χ2n) is 4.91. The molecule has 18 heavy (non-hydrogen) atoms. The lowest BCUT2D eigenvalue weighted by Crippen LogP contribution is -2.41. The summed E-state index contributed by atoms with van der Waals surface area (Å²) in [7, 11) is 3.68. The largest absolute Gasteiger partial charge is 0.377 e. The van der Waals surface area contributed by atoms with Crippen LogP contribution in [0.4, 0.5) is 0 Å². The molecule has 1 unspecified atom stereocenters. The van der Waals surface area contributed by atoms with Gasteiger partial charge in [0.25, 0.3) is 0 Å². The Morgan fingerprint density at radius 2 is 2.22 bits per heavy atom. The van der Waals surface area contributed by atoms with Crippen LogP contribution in [0.5, 0.6) is 0 Å². The fraction of sp³-hybridized carbons (Fsp3) is 0.846. The summed E-state index contributed by atoms with van der Waals surface area (Å²) >= 11 is 0. The van der Waals surface area contributed by atoms with Crippen molar-refractivity contribution in [2.45, 2.75) is 31.8 Å². The van der Waals surface area contributed by atoms with Gasteiger partial charge in [-0.15, -0.1) is 0 Å². The van der Waals surface area contributed by atoms with Gasteiger partial charge in [0.05, 0.1) is 25.1 Å². The molecule has 0 aromatic rings. The van der Waals surface area contributed by atoms with Crippen LogP contribution in [0, 0.1) is 11.3 Å².